The van der Waals surface area contributed by atoms with Crippen molar-refractivity contribution in [1.29, 1.82) is 0 Å². The van der Waals surface area contributed by atoms with Crippen LogP contribution in [0.2, 0.25) is 5.02 Å². The van der Waals surface area contributed by atoms with Crippen molar-refractivity contribution < 1.29 is 13.9 Å². The number of fused-ring (bicyclic) bond motifs is 1. The van der Waals surface area contributed by atoms with Crippen LogP contribution in [0.5, 0.6) is 5.75 Å². The number of halogens is 1. The normalized spacial score (nSPS) is 11.5. The second-order valence-corrected chi connectivity index (χ2v) is 8.48. The number of aryl methyl sites for hydroxylation is 2. The molecule has 6 heteroatoms. The molecule has 0 saturated heterocycles. The molecule has 1 heterocycles. The number of rotatable bonds is 5. The maximum Gasteiger partial charge on any atom is 0.267 e. The predicted octanol–water partition coefficient (Wildman–Crippen LogP) is 6.56. The summed E-state index contributed by atoms with van der Waals surface area (Å²) >= 11 is 5.90. The summed E-state index contributed by atoms with van der Waals surface area (Å²) in [5.41, 5.74) is 4.26. The lowest BCUT2D eigenvalue weighted by molar-refractivity contribution is -0.128. The maximum absolute atomic E-state index is 12.8. The zero-order valence-corrected chi connectivity index (χ0v) is 18.6. The van der Waals surface area contributed by atoms with Gasteiger partial charge in [0.15, 0.2) is 11.2 Å². The molecule has 1 amide bonds. The number of hydrogen-bond acceptors (Lipinski definition) is 4. The Morgan fingerprint density at radius 1 is 1.03 bits per heavy atom. The molecule has 1 aromatic heterocycles. The van der Waals surface area contributed by atoms with Crippen LogP contribution < -0.4 is 10.1 Å². The van der Waals surface area contributed by atoms with E-state index in [0.717, 1.165) is 27.8 Å². The summed E-state index contributed by atoms with van der Waals surface area (Å²) in [5.74, 6) is 0.859. The van der Waals surface area contributed by atoms with Crippen molar-refractivity contribution in [3.63, 3.8) is 0 Å². The molecule has 4 rings (SSSR count). The van der Waals surface area contributed by atoms with E-state index in [-0.39, 0.29) is 5.91 Å². The monoisotopic (exact) mass is 434 g/mol. The third-order valence-corrected chi connectivity index (χ3v) is 5.20. The van der Waals surface area contributed by atoms with E-state index < -0.39 is 5.60 Å². The maximum atomic E-state index is 12.8. The van der Waals surface area contributed by atoms with Gasteiger partial charge in [0.2, 0.25) is 5.89 Å². The van der Waals surface area contributed by atoms with Crippen molar-refractivity contribution in [2.45, 2.75) is 33.3 Å². The van der Waals surface area contributed by atoms with Crippen molar-refractivity contribution in [3.8, 4) is 17.2 Å². The Kier molecular flexibility index (Phi) is 5.46. The summed E-state index contributed by atoms with van der Waals surface area (Å²) in [6.07, 6.45) is 0. The summed E-state index contributed by atoms with van der Waals surface area (Å²) in [5, 5.41) is 3.50. The van der Waals surface area contributed by atoms with E-state index in [1.165, 1.54) is 0 Å². The summed E-state index contributed by atoms with van der Waals surface area (Å²) in [6, 6.07) is 18.4. The Balaban J connectivity index is 1.48. The zero-order valence-electron chi connectivity index (χ0n) is 17.8. The highest BCUT2D eigenvalue weighted by atomic mass is 35.5. The summed E-state index contributed by atoms with van der Waals surface area (Å²) < 4.78 is 11.8. The smallest absolute Gasteiger partial charge is 0.267 e. The molecule has 0 bridgehead atoms. The Labute approximate surface area is 186 Å². The number of carbonyl (C=O) groups is 1. The molecular weight excluding hydrogens is 412 g/mol. The minimum absolute atomic E-state index is 0.261. The molecule has 0 spiro atoms. The topological polar surface area (TPSA) is 64.4 Å². The van der Waals surface area contributed by atoms with Gasteiger partial charge in [0.05, 0.1) is 0 Å². The van der Waals surface area contributed by atoms with E-state index in [1.807, 2.05) is 44.2 Å². The number of aromatic nitrogens is 1. The second-order valence-electron chi connectivity index (χ2n) is 8.05. The van der Waals surface area contributed by atoms with Crippen LogP contribution in [0.25, 0.3) is 22.6 Å². The van der Waals surface area contributed by atoms with E-state index >= 15 is 0 Å². The highest BCUT2D eigenvalue weighted by molar-refractivity contribution is 6.30. The Bertz CT molecular complexity index is 1240. The van der Waals surface area contributed by atoms with Crippen LogP contribution in [-0.2, 0) is 4.79 Å². The first-order valence-electron chi connectivity index (χ1n) is 9.95. The lowest BCUT2D eigenvalue weighted by atomic mass is 10.1. The van der Waals surface area contributed by atoms with Gasteiger partial charge in [-0.25, -0.2) is 4.98 Å². The zero-order chi connectivity index (χ0) is 22.2. The first kappa shape index (κ1) is 20.9. The van der Waals surface area contributed by atoms with Crippen LogP contribution in [0.3, 0.4) is 0 Å². The first-order valence-corrected chi connectivity index (χ1v) is 10.3. The van der Waals surface area contributed by atoms with Crippen LogP contribution in [0, 0.1) is 13.8 Å². The summed E-state index contributed by atoms with van der Waals surface area (Å²) in [6.45, 7) is 7.48. The third-order valence-electron chi connectivity index (χ3n) is 4.94. The predicted molar refractivity (Wildman–Crippen MR) is 124 cm³/mol. The average molecular weight is 435 g/mol. The Morgan fingerprint density at radius 2 is 1.71 bits per heavy atom. The van der Waals surface area contributed by atoms with Gasteiger partial charge in [-0.1, -0.05) is 17.7 Å². The number of oxazole rings is 1. The van der Waals surface area contributed by atoms with Crippen molar-refractivity contribution in [3.05, 3.63) is 76.8 Å². The average Bonchev–Trinajstić information content (AvgIpc) is 3.14. The molecule has 31 heavy (non-hydrogen) atoms. The fourth-order valence-electron chi connectivity index (χ4n) is 3.32. The molecule has 0 radical (unpaired) electrons. The van der Waals surface area contributed by atoms with E-state index in [4.69, 9.17) is 20.8 Å². The number of anilines is 1. The molecule has 4 aromatic rings. The largest absolute Gasteiger partial charge is 0.478 e. The van der Waals surface area contributed by atoms with Crippen LogP contribution in [0.1, 0.15) is 25.0 Å². The van der Waals surface area contributed by atoms with E-state index in [2.05, 4.69) is 16.4 Å². The number of hydrogen-bond donors (Lipinski definition) is 1. The second kappa shape index (κ2) is 8.08. The molecule has 0 atom stereocenters. The van der Waals surface area contributed by atoms with E-state index in [1.54, 1.807) is 38.1 Å². The fraction of sp³-hybridized carbons (Fsp3) is 0.200. The molecule has 0 aliphatic heterocycles. The van der Waals surface area contributed by atoms with Crippen molar-refractivity contribution in [1.82, 2.24) is 4.98 Å². The molecule has 5 nitrogen and oxygen atoms in total. The van der Waals surface area contributed by atoms with Gasteiger partial charge in [-0.05, 0) is 93.4 Å². The first-order chi connectivity index (χ1) is 14.7. The third kappa shape index (κ3) is 4.57. The van der Waals surface area contributed by atoms with Gasteiger partial charge in [0.25, 0.3) is 5.91 Å². The van der Waals surface area contributed by atoms with Gasteiger partial charge < -0.3 is 14.5 Å². The molecule has 0 fully saturated rings. The van der Waals surface area contributed by atoms with Gasteiger partial charge in [0.1, 0.15) is 11.3 Å². The molecule has 0 unspecified atom stereocenters. The molecule has 158 valence electrons. The van der Waals surface area contributed by atoms with Crippen LogP contribution in [0.4, 0.5) is 5.69 Å². The molecule has 1 N–H and O–H groups in total. The van der Waals surface area contributed by atoms with Crippen molar-refractivity contribution in [2.24, 2.45) is 0 Å². The SMILES string of the molecule is Cc1cc(C)c2oc(-c3ccc(NC(=O)C(C)(C)Oc4ccc(Cl)cc4)cc3)nc2c1. The Hall–Kier alpha value is -3.31. The highest BCUT2D eigenvalue weighted by Crippen LogP contribution is 2.28. The molecule has 0 saturated carbocycles. The quantitative estimate of drug-likeness (QED) is 0.386. The number of amides is 1. The minimum atomic E-state index is -1.07. The lowest BCUT2D eigenvalue weighted by Gasteiger charge is -2.25. The van der Waals surface area contributed by atoms with Gasteiger partial charge in [-0.2, -0.15) is 0 Å². The van der Waals surface area contributed by atoms with E-state index in [0.29, 0.717) is 22.4 Å². The van der Waals surface area contributed by atoms with E-state index in [9.17, 15) is 4.79 Å². The standard InChI is InChI=1S/C25H23ClN2O3/c1-15-13-16(2)22-21(14-15)28-23(30-22)17-5-9-19(10-6-17)27-24(29)25(3,4)31-20-11-7-18(26)8-12-20/h5-14H,1-4H3,(H,27,29). The lowest BCUT2D eigenvalue weighted by Crippen LogP contribution is -2.42. The van der Waals surface area contributed by atoms with Crippen LogP contribution in [0.15, 0.2) is 65.1 Å². The highest BCUT2D eigenvalue weighted by Gasteiger charge is 2.30. The number of benzene rings is 3. The molecule has 0 aliphatic rings. The molecule has 3 aromatic carbocycles. The van der Waals surface area contributed by atoms with Crippen LogP contribution in [-0.4, -0.2) is 16.5 Å². The number of nitrogens with one attached hydrogen (secondary N) is 1. The van der Waals surface area contributed by atoms with Gasteiger partial charge in [-0.3, -0.25) is 4.79 Å². The number of ether oxygens (including phenoxy) is 1. The number of nitrogens with zero attached hydrogens (tertiary/aromatic N) is 1. The minimum Gasteiger partial charge on any atom is -0.478 e. The molecule has 0 aliphatic carbocycles. The molecular formula is C25H23ClN2O3. The summed E-state index contributed by atoms with van der Waals surface area (Å²) in [4.78, 5) is 17.4. The van der Waals surface area contributed by atoms with Gasteiger partial charge in [0, 0.05) is 16.3 Å². The number of carbonyl (C=O) groups excluding carboxylic acids is 1. The Morgan fingerprint density at radius 3 is 2.39 bits per heavy atom. The van der Waals surface area contributed by atoms with Crippen molar-refractivity contribution >= 4 is 34.3 Å². The van der Waals surface area contributed by atoms with Crippen LogP contribution >= 0.6 is 11.6 Å². The summed E-state index contributed by atoms with van der Waals surface area (Å²) in [7, 11) is 0. The van der Waals surface area contributed by atoms with Gasteiger partial charge >= 0.3 is 0 Å². The fourth-order valence-corrected chi connectivity index (χ4v) is 3.45. The van der Waals surface area contributed by atoms with Crippen molar-refractivity contribution in [2.75, 3.05) is 5.32 Å². The van der Waals surface area contributed by atoms with Gasteiger partial charge in [-0.15, -0.1) is 0 Å².